The first-order valence-corrected chi connectivity index (χ1v) is 8.26. The van der Waals surface area contributed by atoms with Crippen molar-refractivity contribution in [1.29, 1.82) is 0 Å². The highest BCUT2D eigenvalue weighted by molar-refractivity contribution is 5.78. The number of hydrogen-bond acceptors (Lipinski definition) is 3. The van der Waals surface area contributed by atoms with Gasteiger partial charge in [-0.2, -0.15) is 0 Å². The maximum atomic E-state index is 12.2. The monoisotopic (exact) mass is 319 g/mol. The number of para-hydroxylation sites is 1. The molecule has 1 saturated carbocycles. The molecule has 0 aromatic heterocycles. The molecule has 0 unspecified atom stereocenters. The summed E-state index contributed by atoms with van der Waals surface area (Å²) >= 11 is 0. The Labute approximate surface area is 137 Å². The number of aryl methyl sites for hydroxylation is 1. The molecule has 5 nitrogen and oxygen atoms in total. The number of carbonyl (C=O) groups excluding carboxylic acids is 1. The van der Waals surface area contributed by atoms with Crippen LogP contribution in [0.4, 0.5) is 0 Å². The number of nitrogens with one attached hydrogen (secondary N) is 1. The summed E-state index contributed by atoms with van der Waals surface area (Å²) in [6.07, 6.45) is 5.25. The highest BCUT2D eigenvalue weighted by atomic mass is 16.5. The minimum Gasteiger partial charge on any atom is -0.496 e. The van der Waals surface area contributed by atoms with Crippen LogP contribution in [0.15, 0.2) is 24.3 Å². The van der Waals surface area contributed by atoms with E-state index in [0.29, 0.717) is 19.3 Å². The van der Waals surface area contributed by atoms with Crippen LogP contribution in [0, 0.1) is 5.92 Å². The number of methoxy groups -OCH3 is 1. The maximum Gasteiger partial charge on any atom is 0.308 e. The van der Waals surface area contributed by atoms with Gasteiger partial charge in [0, 0.05) is 12.5 Å². The molecule has 0 heterocycles. The summed E-state index contributed by atoms with van der Waals surface area (Å²) in [7, 11) is 1.61. The third-order valence-corrected chi connectivity index (χ3v) is 4.49. The third kappa shape index (κ3) is 4.98. The fourth-order valence-corrected chi connectivity index (χ4v) is 3.21. The maximum absolute atomic E-state index is 12.2. The minimum atomic E-state index is -0.804. The Hall–Kier alpha value is -2.04. The van der Waals surface area contributed by atoms with Crippen molar-refractivity contribution < 1.29 is 19.4 Å². The quantitative estimate of drug-likeness (QED) is 0.791. The molecule has 1 fully saturated rings. The zero-order valence-electron chi connectivity index (χ0n) is 13.6. The Balaban J connectivity index is 1.91. The summed E-state index contributed by atoms with van der Waals surface area (Å²) in [6, 6.07) is 7.38. The van der Waals surface area contributed by atoms with Gasteiger partial charge in [-0.3, -0.25) is 9.59 Å². The second kappa shape index (κ2) is 8.56. The highest BCUT2D eigenvalue weighted by Gasteiger charge is 2.30. The number of amides is 1. The molecule has 23 heavy (non-hydrogen) atoms. The van der Waals surface area contributed by atoms with Gasteiger partial charge >= 0.3 is 5.97 Å². The molecule has 126 valence electrons. The summed E-state index contributed by atoms with van der Waals surface area (Å²) in [5, 5.41) is 12.3. The molecule has 1 aliphatic carbocycles. The van der Waals surface area contributed by atoms with Crippen molar-refractivity contribution >= 4 is 11.9 Å². The lowest BCUT2D eigenvalue weighted by Gasteiger charge is -2.23. The first-order chi connectivity index (χ1) is 11.1. The summed E-state index contributed by atoms with van der Waals surface area (Å²) in [5.74, 6) is -0.582. The first kappa shape index (κ1) is 17.3. The van der Waals surface area contributed by atoms with E-state index in [0.717, 1.165) is 37.0 Å². The van der Waals surface area contributed by atoms with E-state index in [1.54, 1.807) is 7.11 Å². The SMILES string of the molecule is COc1ccccc1CCC(=O)N[C@H]1CCCCC[C@H]1C(=O)O. The molecule has 2 atom stereocenters. The molecule has 0 radical (unpaired) electrons. The van der Waals surface area contributed by atoms with Crippen LogP contribution in [0.2, 0.25) is 0 Å². The van der Waals surface area contributed by atoms with Gasteiger partial charge in [0.2, 0.25) is 5.91 Å². The van der Waals surface area contributed by atoms with Crippen LogP contribution in [0.5, 0.6) is 5.75 Å². The van der Waals surface area contributed by atoms with E-state index in [4.69, 9.17) is 4.74 Å². The molecule has 5 heteroatoms. The molecule has 1 amide bonds. The zero-order valence-corrected chi connectivity index (χ0v) is 13.6. The second-order valence-corrected chi connectivity index (χ2v) is 6.07. The predicted molar refractivity (Wildman–Crippen MR) is 87.5 cm³/mol. The van der Waals surface area contributed by atoms with Gasteiger partial charge < -0.3 is 15.2 Å². The van der Waals surface area contributed by atoms with Crippen LogP contribution in [0.3, 0.4) is 0 Å². The topological polar surface area (TPSA) is 75.6 Å². The van der Waals surface area contributed by atoms with E-state index in [1.165, 1.54) is 0 Å². The fourth-order valence-electron chi connectivity index (χ4n) is 3.21. The summed E-state index contributed by atoms with van der Waals surface area (Å²) in [6.45, 7) is 0. The average Bonchev–Trinajstić information content (AvgIpc) is 2.78. The van der Waals surface area contributed by atoms with Gasteiger partial charge in [-0.25, -0.2) is 0 Å². The van der Waals surface area contributed by atoms with Gasteiger partial charge in [0.25, 0.3) is 0 Å². The number of carbonyl (C=O) groups is 2. The van der Waals surface area contributed by atoms with Crippen LogP contribution >= 0.6 is 0 Å². The summed E-state index contributed by atoms with van der Waals surface area (Å²) < 4.78 is 5.28. The van der Waals surface area contributed by atoms with Crippen LogP contribution in [0.1, 0.15) is 44.1 Å². The first-order valence-electron chi connectivity index (χ1n) is 8.26. The average molecular weight is 319 g/mol. The number of carboxylic acid groups (broad SMARTS) is 1. The number of rotatable bonds is 6. The van der Waals surface area contributed by atoms with Gasteiger partial charge in [-0.15, -0.1) is 0 Å². The molecule has 1 aromatic carbocycles. The second-order valence-electron chi connectivity index (χ2n) is 6.07. The number of ether oxygens (including phenoxy) is 1. The van der Waals surface area contributed by atoms with Crippen molar-refractivity contribution in [2.75, 3.05) is 7.11 Å². The predicted octanol–water partition coefficient (Wildman–Crippen LogP) is 2.78. The Morgan fingerprint density at radius 1 is 1.22 bits per heavy atom. The molecule has 0 saturated heterocycles. The van der Waals surface area contributed by atoms with E-state index in [1.807, 2.05) is 24.3 Å². The number of aliphatic carboxylic acids is 1. The van der Waals surface area contributed by atoms with E-state index >= 15 is 0 Å². The Morgan fingerprint density at radius 3 is 2.70 bits per heavy atom. The van der Waals surface area contributed by atoms with Gasteiger partial charge in [-0.05, 0) is 30.9 Å². The van der Waals surface area contributed by atoms with Gasteiger partial charge in [0.15, 0.2) is 0 Å². The van der Waals surface area contributed by atoms with Gasteiger partial charge in [0.05, 0.1) is 13.0 Å². The lowest BCUT2D eigenvalue weighted by molar-refractivity contribution is -0.143. The zero-order chi connectivity index (χ0) is 16.7. The highest BCUT2D eigenvalue weighted by Crippen LogP contribution is 2.24. The minimum absolute atomic E-state index is 0.0888. The Kier molecular flexibility index (Phi) is 6.44. The molecular formula is C18H25NO4. The van der Waals surface area contributed by atoms with E-state index in [9.17, 15) is 14.7 Å². The van der Waals surface area contributed by atoms with Crippen molar-refractivity contribution in [3.8, 4) is 5.75 Å². The van der Waals surface area contributed by atoms with E-state index in [2.05, 4.69) is 5.32 Å². The van der Waals surface area contributed by atoms with Gasteiger partial charge in [0.1, 0.15) is 5.75 Å². The molecule has 0 spiro atoms. The fraction of sp³-hybridized carbons (Fsp3) is 0.556. The van der Waals surface area contributed by atoms with Crippen LogP contribution in [0.25, 0.3) is 0 Å². The lowest BCUT2D eigenvalue weighted by Crippen LogP contribution is -2.42. The summed E-state index contributed by atoms with van der Waals surface area (Å²) in [5.41, 5.74) is 0.987. The van der Waals surface area contributed by atoms with Crippen molar-refractivity contribution in [3.63, 3.8) is 0 Å². The Bertz CT molecular complexity index is 544. The standard InChI is InChI=1S/C18H25NO4/c1-23-16-10-6-5-7-13(16)11-12-17(20)19-15-9-4-2-3-8-14(15)18(21)22/h5-7,10,14-15H,2-4,8-9,11-12H2,1H3,(H,19,20)(H,21,22)/t14-,15+/m1/s1. The molecule has 1 aromatic rings. The van der Waals surface area contributed by atoms with Crippen LogP contribution in [-0.2, 0) is 16.0 Å². The van der Waals surface area contributed by atoms with Crippen LogP contribution < -0.4 is 10.1 Å². The summed E-state index contributed by atoms with van der Waals surface area (Å²) in [4.78, 5) is 23.6. The Morgan fingerprint density at radius 2 is 1.96 bits per heavy atom. The molecule has 2 rings (SSSR count). The largest absolute Gasteiger partial charge is 0.496 e. The smallest absolute Gasteiger partial charge is 0.308 e. The third-order valence-electron chi connectivity index (χ3n) is 4.49. The van der Waals surface area contributed by atoms with E-state index < -0.39 is 11.9 Å². The molecule has 0 aliphatic heterocycles. The lowest BCUT2D eigenvalue weighted by atomic mass is 9.94. The molecule has 0 bridgehead atoms. The number of carboxylic acids is 1. The van der Waals surface area contributed by atoms with Crippen LogP contribution in [-0.4, -0.2) is 30.1 Å². The van der Waals surface area contributed by atoms with Crippen molar-refractivity contribution in [2.24, 2.45) is 5.92 Å². The van der Waals surface area contributed by atoms with Crippen molar-refractivity contribution in [2.45, 2.75) is 51.0 Å². The number of hydrogen-bond donors (Lipinski definition) is 2. The van der Waals surface area contributed by atoms with E-state index in [-0.39, 0.29) is 11.9 Å². The van der Waals surface area contributed by atoms with Gasteiger partial charge in [-0.1, -0.05) is 37.5 Å². The molecular weight excluding hydrogens is 294 g/mol. The molecule has 2 N–H and O–H groups in total. The number of benzene rings is 1. The molecule has 1 aliphatic rings. The van der Waals surface area contributed by atoms with Crippen molar-refractivity contribution in [3.05, 3.63) is 29.8 Å². The van der Waals surface area contributed by atoms with Crippen molar-refractivity contribution in [1.82, 2.24) is 5.32 Å². The normalized spacial score (nSPS) is 21.3.